The van der Waals surface area contributed by atoms with Gasteiger partial charge in [-0.3, -0.25) is 19.6 Å². The summed E-state index contributed by atoms with van der Waals surface area (Å²) in [7, 11) is 0. The lowest BCUT2D eigenvalue weighted by atomic mass is 9.69. The Hall–Kier alpha value is -3.08. The van der Waals surface area contributed by atoms with Crippen LogP contribution in [0.1, 0.15) is 56.6 Å². The smallest absolute Gasteiger partial charge is 0.315 e. The number of rotatable bonds is 5. The van der Waals surface area contributed by atoms with Crippen molar-refractivity contribution in [2.45, 2.75) is 45.4 Å². The Kier molecular flexibility index (Phi) is 6.12. The first-order valence-corrected chi connectivity index (χ1v) is 10.9. The Morgan fingerprint density at radius 3 is 2.45 bits per heavy atom. The van der Waals surface area contributed by atoms with Gasteiger partial charge in [0.05, 0.1) is 6.61 Å². The maximum Gasteiger partial charge on any atom is 0.315 e. The van der Waals surface area contributed by atoms with Gasteiger partial charge in [-0.15, -0.1) is 0 Å². The molecule has 0 N–H and O–H groups in total. The van der Waals surface area contributed by atoms with Gasteiger partial charge in [-0.1, -0.05) is 44.2 Å². The van der Waals surface area contributed by atoms with Crippen LogP contribution < -0.4 is 0 Å². The average molecular weight is 417 g/mol. The summed E-state index contributed by atoms with van der Waals surface area (Å²) < 4.78 is 5.60. The van der Waals surface area contributed by atoms with E-state index in [4.69, 9.17) is 9.73 Å². The van der Waals surface area contributed by atoms with Crippen LogP contribution in [-0.2, 0) is 14.3 Å². The van der Waals surface area contributed by atoms with Crippen molar-refractivity contribution in [1.82, 2.24) is 4.98 Å². The van der Waals surface area contributed by atoms with E-state index in [1.54, 1.807) is 12.4 Å². The zero-order valence-corrected chi connectivity index (χ0v) is 18.2. The first kappa shape index (κ1) is 21.2. The topological polar surface area (TPSA) is 68.6 Å². The second-order valence-corrected chi connectivity index (χ2v) is 8.81. The molecule has 5 heteroatoms. The molecule has 0 saturated heterocycles. The van der Waals surface area contributed by atoms with Crippen LogP contribution in [0, 0.1) is 11.8 Å². The molecule has 2 aliphatic rings. The normalized spacial score (nSPS) is 23.4. The molecule has 1 aromatic heterocycles. The number of ketones is 1. The molecule has 1 aliphatic heterocycles. The molecular weight excluding hydrogens is 388 g/mol. The number of hydrogen-bond acceptors (Lipinski definition) is 5. The van der Waals surface area contributed by atoms with Gasteiger partial charge in [0.25, 0.3) is 0 Å². The Labute approximate surface area is 183 Å². The van der Waals surface area contributed by atoms with Crippen molar-refractivity contribution in [3.63, 3.8) is 0 Å². The number of nitrogens with zero attached hydrogens (tertiary/aromatic N) is 2. The number of carbonyl (C=O) groups excluding carboxylic acids is 2. The molecule has 0 saturated carbocycles. The number of benzene rings is 1. The van der Waals surface area contributed by atoms with Crippen molar-refractivity contribution in [2.75, 3.05) is 6.61 Å². The lowest BCUT2D eigenvalue weighted by molar-refractivity contribution is -0.147. The molecule has 31 heavy (non-hydrogen) atoms. The van der Waals surface area contributed by atoms with E-state index >= 15 is 0 Å². The summed E-state index contributed by atoms with van der Waals surface area (Å²) in [5.41, 5.74) is 4.22. The van der Waals surface area contributed by atoms with Gasteiger partial charge in [0, 0.05) is 41.7 Å². The van der Waals surface area contributed by atoms with Crippen LogP contribution in [-0.4, -0.2) is 29.1 Å². The number of hydrogen-bond donors (Lipinski definition) is 0. The van der Waals surface area contributed by atoms with Gasteiger partial charge in [0.2, 0.25) is 0 Å². The number of aromatic nitrogens is 1. The Morgan fingerprint density at radius 2 is 1.77 bits per heavy atom. The fraction of sp³-hybridized carbons (Fsp3) is 0.385. The van der Waals surface area contributed by atoms with Crippen molar-refractivity contribution < 1.29 is 14.3 Å². The van der Waals surface area contributed by atoms with Crippen LogP contribution in [0.5, 0.6) is 0 Å². The molecule has 4 rings (SSSR count). The van der Waals surface area contributed by atoms with E-state index in [9.17, 15) is 9.59 Å². The van der Waals surface area contributed by atoms with Crippen molar-refractivity contribution in [1.29, 1.82) is 0 Å². The van der Waals surface area contributed by atoms with Gasteiger partial charge >= 0.3 is 5.97 Å². The van der Waals surface area contributed by atoms with Crippen LogP contribution in [0.2, 0.25) is 0 Å². The lowest BCUT2D eigenvalue weighted by Gasteiger charge is -2.36. The highest BCUT2D eigenvalue weighted by molar-refractivity contribution is 6.09. The zero-order valence-electron chi connectivity index (χ0n) is 18.2. The second-order valence-electron chi connectivity index (χ2n) is 8.81. The van der Waals surface area contributed by atoms with E-state index in [0.29, 0.717) is 30.7 Å². The minimum absolute atomic E-state index is 0.0647. The lowest BCUT2D eigenvalue weighted by Crippen LogP contribution is -2.38. The minimum atomic E-state index is -0.600. The third kappa shape index (κ3) is 4.36. The molecule has 3 atom stereocenters. The van der Waals surface area contributed by atoms with E-state index in [1.807, 2.05) is 51.1 Å². The number of allylic oxidation sites excluding steroid dienone is 2. The summed E-state index contributed by atoms with van der Waals surface area (Å²) in [4.78, 5) is 35.5. The predicted molar refractivity (Wildman–Crippen MR) is 120 cm³/mol. The average Bonchev–Trinajstić information content (AvgIpc) is 2.77. The highest BCUT2D eigenvalue weighted by atomic mass is 16.5. The van der Waals surface area contributed by atoms with E-state index in [2.05, 4.69) is 17.1 Å². The minimum Gasteiger partial charge on any atom is -0.465 e. The first-order valence-electron chi connectivity index (χ1n) is 10.9. The van der Waals surface area contributed by atoms with Crippen molar-refractivity contribution in [3.05, 3.63) is 77.3 Å². The SMILES string of the molecule is CC1=NC2=C(C(=O)C[C@@H](c3ccccc3)C2)[C@@H](c2ccncc2)C1C(=O)OCC(C)C. The Morgan fingerprint density at radius 1 is 1.06 bits per heavy atom. The van der Waals surface area contributed by atoms with E-state index in [0.717, 1.165) is 16.8 Å². The number of pyridine rings is 1. The Bertz CT molecular complexity index is 1030. The summed E-state index contributed by atoms with van der Waals surface area (Å²) in [6, 6.07) is 13.9. The largest absolute Gasteiger partial charge is 0.465 e. The molecule has 2 heterocycles. The summed E-state index contributed by atoms with van der Waals surface area (Å²) >= 11 is 0. The van der Waals surface area contributed by atoms with E-state index < -0.39 is 5.92 Å². The van der Waals surface area contributed by atoms with Gasteiger partial charge in [-0.2, -0.15) is 0 Å². The molecule has 0 fully saturated rings. The fourth-order valence-corrected chi connectivity index (χ4v) is 4.60. The molecule has 0 radical (unpaired) electrons. The number of ether oxygens (including phenoxy) is 1. The number of esters is 1. The fourth-order valence-electron chi connectivity index (χ4n) is 4.60. The third-order valence-corrected chi connectivity index (χ3v) is 6.04. The quantitative estimate of drug-likeness (QED) is 0.653. The van der Waals surface area contributed by atoms with E-state index in [1.165, 1.54) is 0 Å². The Balaban J connectivity index is 1.75. The van der Waals surface area contributed by atoms with Crippen molar-refractivity contribution >= 4 is 17.5 Å². The van der Waals surface area contributed by atoms with E-state index in [-0.39, 0.29) is 29.5 Å². The van der Waals surface area contributed by atoms with Crippen LogP contribution >= 0.6 is 0 Å². The maximum atomic E-state index is 13.4. The molecule has 1 aromatic carbocycles. The first-order chi connectivity index (χ1) is 15.0. The number of aliphatic imine (C=N–C) groups is 1. The molecule has 0 bridgehead atoms. The summed E-state index contributed by atoms with van der Waals surface area (Å²) in [5, 5.41) is 0. The highest BCUT2D eigenvalue weighted by Gasteiger charge is 2.44. The molecular formula is C26H28N2O3. The van der Waals surface area contributed by atoms with Crippen LogP contribution in [0.4, 0.5) is 0 Å². The van der Waals surface area contributed by atoms with Crippen LogP contribution in [0.3, 0.4) is 0 Å². The monoisotopic (exact) mass is 416 g/mol. The van der Waals surface area contributed by atoms with Gasteiger partial charge < -0.3 is 4.74 Å². The maximum absolute atomic E-state index is 13.4. The van der Waals surface area contributed by atoms with Gasteiger partial charge in [-0.25, -0.2) is 0 Å². The summed E-state index contributed by atoms with van der Waals surface area (Å²) in [6.45, 7) is 6.23. The predicted octanol–water partition coefficient (Wildman–Crippen LogP) is 4.86. The summed E-state index contributed by atoms with van der Waals surface area (Å²) in [5.74, 6) is -0.902. The van der Waals surface area contributed by atoms with Crippen LogP contribution in [0.15, 0.2) is 71.1 Å². The molecule has 160 valence electrons. The van der Waals surface area contributed by atoms with Crippen LogP contribution in [0.25, 0.3) is 0 Å². The van der Waals surface area contributed by atoms with Crippen molar-refractivity contribution in [2.24, 2.45) is 16.8 Å². The molecule has 1 aliphatic carbocycles. The number of carbonyl (C=O) groups is 2. The highest BCUT2D eigenvalue weighted by Crippen LogP contribution is 2.46. The molecule has 0 spiro atoms. The molecule has 5 nitrogen and oxygen atoms in total. The summed E-state index contributed by atoms with van der Waals surface area (Å²) in [6.07, 6.45) is 4.52. The standard InChI is InChI=1S/C26H28N2O3/c1-16(2)15-31-26(30)23-17(3)28-21-13-20(18-7-5-4-6-8-18)14-22(29)25(21)24(23)19-9-11-27-12-10-19/h4-12,16,20,23-24H,13-15H2,1-3H3/t20-,23?,24-/m0/s1. The number of Topliss-reactive ketones (excluding diaryl/α,β-unsaturated/α-hetero) is 1. The van der Waals surface area contributed by atoms with Crippen molar-refractivity contribution in [3.8, 4) is 0 Å². The molecule has 2 aromatic rings. The van der Waals surface area contributed by atoms with Gasteiger partial charge in [0.1, 0.15) is 5.92 Å². The zero-order chi connectivity index (χ0) is 22.0. The molecule has 1 unspecified atom stereocenters. The van der Waals surface area contributed by atoms with Gasteiger partial charge in [0.15, 0.2) is 5.78 Å². The van der Waals surface area contributed by atoms with Gasteiger partial charge in [-0.05, 0) is 48.4 Å². The molecule has 0 amide bonds. The second kappa shape index (κ2) is 8.96. The third-order valence-electron chi connectivity index (χ3n) is 6.04.